The van der Waals surface area contributed by atoms with Gasteiger partial charge in [-0.25, -0.2) is 0 Å². The molecule has 5 nitrogen and oxygen atoms in total. The third-order valence-electron chi connectivity index (χ3n) is 4.46. The SMILES string of the molecule is COc1ccc(NC(=O)C2CCN(C(=O)C3CC3)CC2)cc1. The topological polar surface area (TPSA) is 58.6 Å². The summed E-state index contributed by atoms with van der Waals surface area (Å²) >= 11 is 0. The highest BCUT2D eigenvalue weighted by Gasteiger charge is 2.35. The number of hydrogen-bond donors (Lipinski definition) is 1. The van der Waals surface area contributed by atoms with E-state index in [4.69, 9.17) is 4.74 Å². The van der Waals surface area contributed by atoms with Gasteiger partial charge in [-0.05, 0) is 49.9 Å². The predicted octanol–water partition coefficient (Wildman–Crippen LogP) is 2.28. The number of piperidine rings is 1. The summed E-state index contributed by atoms with van der Waals surface area (Å²) < 4.78 is 5.10. The van der Waals surface area contributed by atoms with E-state index in [1.54, 1.807) is 7.11 Å². The fraction of sp³-hybridized carbons (Fsp3) is 0.529. The Morgan fingerprint density at radius 2 is 1.68 bits per heavy atom. The van der Waals surface area contributed by atoms with Crippen LogP contribution < -0.4 is 10.1 Å². The Morgan fingerprint density at radius 1 is 1.05 bits per heavy atom. The molecule has 22 heavy (non-hydrogen) atoms. The van der Waals surface area contributed by atoms with Crippen LogP contribution in [-0.4, -0.2) is 36.9 Å². The third-order valence-corrected chi connectivity index (χ3v) is 4.46. The molecule has 1 aliphatic heterocycles. The Morgan fingerprint density at radius 3 is 2.23 bits per heavy atom. The van der Waals surface area contributed by atoms with Gasteiger partial charge in [0.15, 0.2) is 0 Å². The van der Waals surface area contributed by atoms with Crippen molar-refractivity contribution in [1.82, 2.24) is 4.90 Å². The van der Waals surface area contributed by atoms with Gasteiger partial charge in [-0.2, -0.15) is 0 Å². The number of hydrogen-bond acceptors (Lipinski definition) is 3. The molecule has 2 aliphatic rings. The van der Waals surface area contributed by atoms with Crippen LogP contribution in [0.5, 0.6) is 5.75 Å². The van der Waals surface area contributed by atoms with Gasteiger partial charge < -0.3 is 15.0 Å². The summed E-state index contributed by atoms with van der Waals surface area (Å²) in [6, 6.07) is 7.32. The minimum Gasteiger partial charge on any atom is -0.497 e. The van der Waals surface area contributed by atoms with Crippen molar-refractivity contribution >= 4 is 17.5 Å². The summed E-state index contributed by atoms with van der Waals surface area (Å²) in [5, 5.41) is 2.94. The maximum Gasteiger partial charge on any atom is 0.227 e. The second kappa shape index (κ2) is 6.38. The van der Waals surface area contributed by atoms with Crippen molar-refractivity contribution in [2.45, 2.75) is 25.7 Å². The van der Waals surface area contributed by atoms with E-state index in [1.165, 1.54) is 0 Å². The molecule has 0 radical (unpaired) electrons. The number of methoxy groups -OCH3 is 1. The van der Waals surface area contributed by atoms with Crippen LogP contribution in [0, 0.1) is 11.8 Å². The number of carbonyl (C=O) groups is 2. The van der Waals surface area contributed by atoms with Gasteiger partial charge in [0.1, 0.15) is 5.75 Å². The Balaban J connectivity index is 1.49. The van der Waals surface area contributed by atoms with Gasteiger partial charge in [-0.15, -0.1) is 0 Å². The summed E-state index contributed by atoms with van der Waals surface area (Å²) in [6.45, 7) is 1.41. The van der Waals surface area contributed by atoms with Gasteiger partial charge in [-0.3, -0.25) is 9.59 Å². The molecule has 0 bridgehead atoms. The Labute approximate surface area is 130 Å². The van der Waals surface area contributed by atoms with Crippen LogP contribution in [0.25, 0.3) is 0 Å². The number of anilines is 1. The van der Waals surface area contributed by atoms with Crippen LogP contribution in [0.2, 0.25) is 0 Å². The normalized spacial score (nSPS) is 18.9. The summed E-state index contributed by atoms with van der Waals surface area (Å²) in [7, 11) is 1.62. The number of carbonyl (C=O) groups excluding carboxylic acids is 2. The zero-order valence-electron chi connectivity index (χ0n) is 12.9. The molecule has 2 amide bonds. The first-order chi connectivity index (χ1) is 10.7. The summed E-state index contributed by atoms with van der Waals surface area (Å²) in [6.07, 6.45) is 3.58. The molecule has 0 spiro atoms. The summed E-state index contributed by atoms with van der Waals surface area (Å²) in [5.74, 6) is 1.36. The van der Waals surface area contributed by atoms with Crippen LogP contribution in [0.3, 0.4) is 0 Å². The van der Waals surface area contributed by atoms with Crippen molar-refractivity contribution in [1.29, 1.82) is 0 Å². The molecule has 1 N–H and O–H groups in total. The molecule has 0 aromatic heterocycles. The first kappa shape index (κ1) is 14.9. The maximum absolute atomic E-state index is 12.3. The molecule has 0 atom stereocenters. The van der Waals surface area contributed by atoms with Crippen LogP contribution in [0.4, 0.5) is 5.69 Å². The van der Waals surface area contributed by atoms with Crippen LogP contribution in [-0.2, 0) is 9.59 Å². The number of rotatable bonds is 4. The second-order valence-corrected chi connectivity index (χ2v) is 6.09. The Bertz CT molecular complexity index is 544. The van der Waals surface area contributed by atoms with E-state index in [-0.39, 0.29) is 23.7 Å². The lowest BCUT2D eigenvalue weighted by Crippen LogP contribution is -2.42. The maximum atomic E-state index is 12.3. The lowest BCUT2D eigenvalue weighted by molar-refractivity contribution is -0.135. The van der Waals surface area contributed by atoms with Gasteiger partial charge in [0.05, 0.1) is 7.11 Å². The number of benzene rings is 1. The molecule has 1 aliphatic carbocycles. The molecule has 1 aromatic carbocycles. The van der Waals surface area contributed by atoms with E-state index in [2.05, 4.69) is 5.32 Å². The molecule has 0 unspecified atom stereocenters. The molecular formula is C17H22N2O3. The van der Waals surface area contributed by atoms with Crippen LogP contribution in [0.15, 0.2) is 24.3 Å². The molecule has 1 saturated heterocycles. The summed E-state index contributed by atoms with van der Waals surface area (Å²) in [4.78, 5) is 26.2. The van der Waals surface area contributed by atoms with Crippen LogP contribution >= 0.6 is 0 Å². The van der Waals surface area contributed by atoms with Crippen LogP contribution in [0.1, 0.15) is 25.7 Å². The lowest BCUT2D eigenvalue weighted by Gasteiger charge is -2.31. The van der Waals surface area contributed by atoms with Crippen molar-refractivity contribution < 1.29 is 14.3 Å². The summed E-state index contributed by atoms with van der Waals surface area (Å²) in [5.41, 5.74) is 0.780. The first-order valence-electron chi connectivity index (χ1n) is 7.91. The molecule has 3 rings (SSSR count). The highest BCUT2D eigenvalue weighted by molar-refractivity contribution is 5.92. The molecule has 1 aromatic rings. The van der Waals surface area contributed by atoms with Crippen molar-refractivity contribution in [3.8, 4) is 5.75 Å². The molecule has 2 fully saturated rings. The Hall–Kier alpha value is -2.04. The van der Waals surface area contributed by atoms with Crippen molar-refractivity contribution in [2.75, 3.05) is 25.5 Å². The number of nitrogens with zero attached hydrogens (tertiary/aromatic N) is 1. The first-order valence-corrected chi connectivity index (χ1v) is 7.91. The van der Waals surface area contributed by atoms with Crippen molar-refractivity contribution in [3.05, 3.63) is 24.3 Å². The van der Waals surface area contributed by atoms with E-state index in [1.807, 2.05) is 29.2 Å². The number of likely N-dealkylation sites (tertiary alicyclic amines) is 1. The van der Waals surface area contributed by atoms with E-state index >= 15 is 0 Å². The van der Waals surface area contributed by atoms with Crippen molar-refractivity contribution in [2.24, 2.45) is 11.8 Å². The quantitative estimate of drug-likeness (QED) is 0.928. The smallest absolute Gasteiger partial charge is 0.227 e. The number of nitrogens with one attached hydrogen (secondary N) is 1. The van der Waals surface area contributed by atoms with E-state index < -0.39 is 0 Å². The zero-order chi connectivity index (χ0) is 15.5. The molecule has 1 saturated carbocycles. The average Bonchev–Trinajstić information content (AvgIpc) is 3.40. The largest absolute Gasteiger partial charge is 0.497 e. The fourth-order valence-electron chi connectivity index (χ4n) is 2.87. The minimum atomic E-state index is -0.00893. The van der Waals surface area contributed by atoms with Gasteiger partial charge in [0.2, 0.25) is 11.8 Å². The predicted molar refractivity (Wildman–Crippen MR) is 83.7 cm³/mol. The standard InChI is InChI=1S/C17H22N2O3/c1-22-15-6-4-14(5-7-15)18-16(20)12-8-10-19(11-9-12)17(21)13-2-3-13/h4-7,12-13H,2-3,8-11H2,1H3,(H,18,20). The zero-order valence-corrected chi connectivity index (χ0v) is 12.9. The van der Waals surface area contributed by atoms with Crippen molar-refractivity contribution in [3.63, 3.8) is 0 Å². The van der Waals surface area contributed by atoms with Gasteiger partial charge in [-0.1, -0.05) is 0 Å². The van der Waals surface area contributed by atoms with E-state index in [0.29, 0.717) is 13.1 Å². The monoisotopic (exact) mass is 302 g/mol. The average molecular weight is 302 g/mol. The fourth-order valence-corrected chi connectivity index (χ4v) is 2.87. The highest BCUT2D eigenvalue weighted by Crippen LogP contribution is 2.32. The van der Waals surface area contributed by atoms with Gasteiger partial charge >= 0.3 is 0 Å². The third kappa shape index (κ3) is 3.40. The van der Waals surface area contributed by atoms with Gasteiger partial charge in [0, 0.05) is 30.6 Å². The lowest BCUT2D eigenvalue weighted by atomic mass is 9.95. The van der Waals surface area contributed by atoms with E-state index in [9.17, 15) is 9.59 Å². The number of ether oxygens (including phenoxy) is 1. The minimum absolute atomic E-state index is 0.00893. The Kier molecular flexibility index (Phi) is 4.32. The molecular weight excluding hydrogens is 280 g/mol. The number of amides is 2. The van der Waals surface area contributed by atoms with Gasteiger partial charge in [0.25, 0.3) is 0 Å². The second-order valence-electron chi connectivity index (χ2n) is 6.09. The molecule has 1 heterocycles. The highest BCUT2D eigenvalue weighted by atomic mass is 16.5. The molecule has 118 valence electrons. The van der Waals surface area contributed by atoms with E-state index in [0.717, 1.165) is 37.1 Å². The molecule has 5 heteroatoms.